The highest BCUT2D eigenvalue weighted by atomic mass is 32.2. The van der Waals surface area contributed by atoms with Crippen LogP contribution in [0.5, 0.6) is 0 Å². The molecule has 5 nitrogen and oxygen atoms in total. The summed E-state index contributed by atoms with van der Waals surface area (Å²) >= 11 is 0. The summed E-state index contributed by atoms with van der Waals surface area (Å²) in [5.74, 6) is 0.0852. The lowest BCUT2D eigenvalue weighted by atomic mass is 9.65. The molecule has 0 bridgehead atoms. The second kappa shape index (κ2) is 5.74. The monoisotopic (exact) mass is 336 g/mol. The second-order valence-corrected chi connectivity index (χ2v) is 9.19. The largest absolute Gasteiger partial charge is 0.299 e. The average Bonchev–Trinajstić information content (AvgIpc) is 2.42. The molecule has 23 heavy (non-hydrogen) atoms. The fourth-order valence-corrected chi connectivity index (χ4v) is 3.45. The lowest BCUT2D eigenvalue weighted by molar-refractivity contribution is -0.127. The number of rotatable bonds is 3. The molecule has 0 atom stereocenters. The number of Topliss-reactive ketones (excluding diaryl/α,β-unsaturated/α-hetero) is 1. The number of aryl methyl sites for hydroxylation is 1. The zero-order valence-corrected chi connectivity index (χ0v) is 15.1. The molecule has 0 saturated heterocycles. The topological polar surface area (TPSA) is 75.6 Å². The van der Waals surface area contributed by atoms with Gasteiger partial charge in [-0.3, -0.25) is 4.79 Å². The van der Waals surface area contributed by atoms with Crippen LogP contribution in [0.15, 0.2) is 34.3 Å². The van der Waals surface area contributed by atoms with E-state index in [4.69, 9.17) is 0 Å². The van der Waals surface area contributed by atoms with Crippen molar-refractivity contribution in [3.63, 3.8) is 0 Å². The molecule has 0 heterocycles. The Morgan fingerprint density at radius 1 is 1.04 bits per heavy atom. The number of nitrogens with zero attached hydrogens (tertiary/aromatic N) is 1. The van der Waals surface area contributed by atoms with Crippen molar-refractivity contribution < 1.29 is 13.2 Å². The van der Waals surface area contributed by atoms with Crippen molar-refractivity contribution in [2.45, 2.75) is 52.4 Å². The van der Waals surface area contributed by atoms with E-state index in [0.717, 1.165) is 5.56 Å². The molecule has 1 aromatic carbocycles. The maximum Gasteiger partial charge on any atom is 0.276 e. The molecule has 0 unspecified atom stereocenters. The predicted octanol–water partition coefficient (Wildman–Crippen LogP) is 3.04. The molecule has 1 aliphatic rings. The van der Waals surface area contributed by atoms with E-state index in [2.05, 4.69) is 9.93 Å². The van der Waals surface area contributed by atoms with E-state index >= 15 is 0 Å². The fraction of sp³-hybridized carbons (Fsp3) is 0.529. The zero-order chi connectivity index (χ0) is 17.5. The average molecular weight is 336 g/mol. The fourth-order valence-electron chi connectivity index (χ4n) is 2.62. The minimum atomic E-state index is -3.73. The van der Waals surface area contributed by atoms with E-state index in [1.807, 2.05) is 20.8 Å². The number of carbonyl (C=O) groups excluding carboxylic acids is 1. The lowest BCUT2D eigenvalue weighted by Crippen LogP contribution is -2.45. The Morgan fingerprint density at radius 3 is 2.17 bits per heavy atom. The van der Waals surface area contributed by atoms with Crippen molar-refractivity contribution in [1.82, 2.24) is 4.83 Å². The van der Waals surface area contributed by atoms with Gasteiger partial charge in [-0.05, 0) is 44.7 Å². The summed E-state index contributed by atoms with van der Waals surface area (Å²) in [4.78, 5) is 14.8. The van der Waals surface area contributed by atoms with Crippen LogP contribution in [0.25, 0.3) is 0 Å². The van der Waals surface area contributed by atoms with Crippen molar-refractivity contribution in [2.75, 3.05) is 0 Å². The van der Waals surface area contributed by atoms with Crippen molar-refractivity contribution in [2.24, 2.45) is 15.9 Å². The van der Waals surface area contributed by atoms with Crippen molar-refractivity contribution in [3.8, 4) is 0 Å². The Morgan fingerprint density at radius 2 is 1.61 bits per heavy atom. The van der Waals surface area contributed by atoms with Crippen LogP contribution in [0.3, 0.4) is 0 Å². The third kappa shape index (κ3) is 3.80. The van der Waals surface area contributed by atoms with Gasteiger partial charge in [0.15, 0.2) is 0 Å². The number of hydrazone groups is 1. The SMILES string of the molecule is Cc1ccc(S(=O)(=O)N/N=C2/CC(C)(C)CC(=O)C2(C)C)cc1. The number of sulfonamides is 1. The highest BCUT2D eigenvalue weighted by molar-refractivity contribution is 7.89. The maximum atomic E-state index is 12.3. The molecule has 1 aromatic rings. The van der Waals surface area contributed by atoms with Crippen molar-refractivity contribution in [1.29, 1.82) is 0 Å². The summed E-state index contributed by atoms with van der Waals surface area (Å²) in [5, 5.41) is 4.11. The van der Waals surface area contributed by atoms with Crippen LogP contribution < -0.4 is 4.83 Å². The highest BCUT2D eigenvalue weighted by Crippen LogP contribution is 2.40. The first-order valence-corrected chi connectivity index (χ1v) is 9.11. The molecule has 0 spiro atoms. The van der Waals surface area contributed by atoms with E-state index in [1.165, 1.54) is 0 Å². The van der Waals surface area contributed by atoms with Crippen LogP contribution in [0, 0.1) is 17.8 Å². The Bertz CT molecular complexity index is 745. The summed E-state index contributed by atoms with van der Waals surface area (Å²) in [6.45, 7) is 9.46. The molecule has 126 valence electrons. The van der Waals surface area contributed by atoms with Gasteiger partial charge in [0, 0.05) is 6.42 Å². The van der Waals surface area contributed by atoms with E-state index in [1.54, 1.807) is 38.1 Å². The van der Waals surface area contributed by atoms with Crippen LogP contribution in [0.1, 0.15) is 46.1 Å². The third-order valence-corrected chi connectivity index (χ3v) is 5.56. The number of benzene rings is 1. The molecule has 0 aromatic heterocycles. The number of hydrogen-bond acceptors (Lipinski definition) is 4. The number of hydrogen-bond donors (Lipinski definition) is 1. The van der Waals surface area contributed by atoms with E-state index in [0.29, 0.717) is 18.6 Å². The molecule has 1 saturated carbocycles. The summed E-state index contributed by atoms with van der Waals surface area (Å²) in [6.07, 6.45) is 1.06. The zero-order valence-electron chi connectivity index (χ0n) is 14.3. The minimum Gasteiger partial charge on any atom is -0.299 e. The van der Waals surface area contributed by atoms with Gasteiger partial charge in [-0.25, -0.2) is 4.83 Å². The van der Waals surface area contributed by atoms with Gasteiger partial charge in [0.1, 0.15) is 5.78 Å². The third-order valence-electron chi connectivity index (χ3n) is 4.34. The smallest absolute Gasteiger partial charge is 0.276 e. The van der Waals surface area contributed by atoms with Gasteiger partial charge in [-0.15, -0.1) is 0 Å². The Labute approximate surface area is 138 Å². The number of carbonyl (C=O) groups is 1. The van der Waals surface area contributed by atoms with Gasteiger partial charge < -0.3 is 0 Å². The van der Waals surface area contributed by atoms with Gasteiger partial charge in [-0.1, -0.05) is 31.5 Å². The number of ketones is 1. The Balaban J connectivity index is 2.30. The van der Waals surface area contributed by atoms with Crippen LogP contribution in [0.2, 0.25) is 0 Å². The van der Waals surface area contributed by atoms with Crippen LogP contribution >= 0.6 is 0 Å². The van der Waals surface area contributed by atoms with Gasteiger partial charge in [-0.2, -0.15) is 13.5 Å². The Kier molecular flexibility index (Phi) is 4.41. The quantitative estimate of drug-likeness (QED) is 0.862. The van der Waals surface area contributed by atoms with Crippen LogP contribution in [0.4, 0.5) is 0 Å². The van der Waals surface area contributed by atoms with Crippen molar-refractivity contribution >= 4 is 21.5 Å². The predicted molar refractivity (Wildman–Crippen MR) is 90.7 cm³/mol. The standard InChI is InChI=1S/C17H24N2O3S/c1-12-6-8-13(9-7-12)23(21,22)19-18-14-10-16(2,3)11-15(20)17(14,4)5/h6-9,19H,10-11H2,1-5H3/b18-14-. The summed E-state index contributed by atoms with van der Waals surface area (Å²) in [6, 6.07) is 6.55. The molecule has 0 amide bonds. The minimum absolute atomic E-state index is 0.0852. The first-order valence-electron chi connectivity index (χ1n) is 7.63. The molecule has 0 aliphatic heterocycles. The Hall–Kier alpha value is -1.69. The van der Waals surface area contributed by atoms with Gasteiger partial charge in [0.25, 0.3) is 10.0 Å². The molecule has 1 fully saturated rings. The van der Waals surface area contributed by atoms with Crippen molar-refractivity contribution in [3.05, 3.63) is 29.8 Å². The van der Waals surface area contributed by atoms with Crippen LogP contribution in [-0.4, -0.2) is 19.9 Å². The first-order chi connectivity index (χ1) is 10.4. The van der Waals surface area contributed by atoms with Gasteiger partial charge in [0.05, 0.1) is 16.0 Å². The van der Waals surface area contributed by atoms with Crippen LogP contribution in [-0.2, 0) is 14.8 Å². The summed E-state index contributed by atoms with van der Waals surface area (Å²) < 4.78 is 24.7. The summed E-state index contributed by atoms with van der Waals surface area (Å²) in [5.41, 5.74) is 0.608. The maximum absolute atomic E-state index is 12.3. The molecule has 6 heteroatoms. The molecule has 1 aliphatic carbocycles. The molecule has 1 N–H and O–H groups in total. The lowest BCUT2D eigenvalue weighted by Gasteiger charge is -2.38. The molecular weight excluding hydrogens is 312 g/mol. The molecular formula is C17H24N2O3S. The first kappa shape index (κ1) is 17.7. The van der Waals surface area contributed by atoms with E-state index in [-0.39, 0.29) is 16.1 Å². The summed E-state index contributed by atoms with van der Waals surface area (Å²) in [7, 11) is -3.73. The highest BCUT2D eigenvalue weighted by Gasteiger charge is 2.44. The molecule has 2 rings (SSSR count). The van der Waals surface area contributed by atoms with E-state index in [9.17, 15) is 13.2 Å². The second-order valence-electron chi connectivity index (χ2n) is 7.53. The normalized spacial score (nSPS) is 22.1. The van der Waals surface area contributed by atoms with Gasteiger partial charge >= 0.3 is 0 Å². The molecule has 0 radical (unpaired) electrons. The van der Waals surface area contributed by atoms with Gasteiger partial charge in [0.2, 0.25) is 0 Å². The van der Waals surface area contributed by atoms with E-state index < -0.39 is 15.4 Å². The number of nitrogens with one attached hydrogen (secondary N) is 1.